The number of hydrogen-bond acceptors (Lipinski definition) is 5. The molecule has 0 radical (unpaired) electrons. The second-order valence-electron chi connectivity index (χ2n) is 9.16. The second-order valence-corrected chi connectivity index (χ2v) is 10.1. The summed E-state index contributed by atoms with van der Waals surface area (Å²) in [4.78, 5) is 39.9. The molecule has 1 heterocycles. The van der Waals surface area contributed by atoms with Gasteiger partial charge in [0.2, 0.25) is 5.91 Å². The van der Waals surface area contributed by atoms with E-state index in [1.807, 2.05) is 12.1 Å². The summed E-state index contributed by atoms with van der Waals surface area (Å²) in [5, 5.41) is 13.2. The van der Waals surface area contributed by atoms with E-state index in [0.717, 1.165) is 37.9 Å². The zero-order valence-corrected chi connectivity index (χ0v) is 23.2. The highest BCUT2D eigenvalue weighted by Crippen LogP contribution is 2.40. The molecule has 1 aliphatic rings. The van der Waals surface area contributed by atoms with Crippen molar-refractivity contribution in [2.24, 2.45) is 0 Å². The number of ether oxygens (including phenoxy) is 2. The number of halogens is 4. The van der Waals surface area contributed by atoms with Crippen molar-refractivity contribution in [1.82, 2.24) is 10.2 Å². The van der Waals surface area contributed by atoms with E-state index in [2.05, 4.69) is 21.2 Å². The fraction of sp³-hybridized carbons (Fsp3) is 0.296. The third kappa shape index (κ3) is 5.79. The Labute approximate surface area is 235 Å². The van der Waals surface area contributed by atoms with Crippen LogP contribution in [0.15, 0.2) is 53.0 Å². The van der Waals surface area contributed by atoms with Crippen molar-refractivity contribution in [3.8, 4) is 11.5 Å². The number of anilines is 1. The molecule has 2 atom stereocenters. The van der Waals surface area contributed by atoms with Gasteiger partial charge in [-0.1, -0.05) is 28.1 Å². The highest BCUT2D eigenvalue weighted by molar-refractivity contribution is 9.10. The molecule has 3 aromatic carbocycles. The molecule has 2 N–H and O–H groups in total. The number of nitrogens with one attached hydrogen (secondary N) is 1. The maximum Gasteiger partial charge on any atom is 0.416 e. The first kappa shape index (κ1) is 29.0. The van der Waals surface area contributed by atoms with Crippen molar-refractivity contribution in [2.75, 3.05) is 25.7 Å². The minimum atomic E-state index is -4.69. The van der Waals surface area contributed by atoms with Crippen molar-refractivity contribution in [3.05, 3.63) is 64.1 Å². The number of fused-ring (bicyclic) bond motifs is 2. The molecule has 212 valence electrons. The van der Waals surface area contributed by atoms with Crippen molar-refractivity contribution >= 4 is 50.3 Å². The Morgan fingerprint density at radius 1 is 1.23 bits per heavy atom. The van der Waals surface area contributed by atoms with Gasteiger partial charge in [0.25, 0.3) is 5.91 Å². The quantitative estimate of drug-likeness (QED) is 0.398. The summed E-state index contributed by atoms with van der Waals surface area (Å²) >= 11 is 3.42. The number of benzene rings is 3. The zero-order chi connectivity index (χ0) is 29.4. The number of methoxy groups -OCH3 is 1. The first-order valence-electron chi connectivity index (χ1n) is 12.0. The van der Waals surface area contributed by atoms with E-state index >= 15 is 0 Å². The van der Waals surface area contributed by atoms with E-state index in [0.29, 0.717) is 16.7 Å². The number of hydrogen-bond donors (Lipinski definition) is 2. The summed E-state index contributed by atoms with van der Waals surface area (Å²) in [6.07, 6.45) is -6.04. The van der Waals surface area contributed by atoms with Gasteiger partial charge in [-0.15, -0.1) is 0 Å². The van der Waals surface area contributed by atoms with E-state index in [9.17, 15) is 32.7 Å². The smallest absolute Gasteiger partial charge is 0.416 e. The number of carbonyl (C=O) groups is 3. The first-order valence-corrected chi connectivity index (χ1v) is 12.8. The molecule has 13 heteroatoms. The summed E-state index contributed by atoms with van der Waals surface area (Å²) < 4.78 is 53.1. The molecule has 0 aromatic heterocycles. The van der Waals surface area contributed by atoms with Gasteiger partial charge >= 0.3 is 12.3 Å². The number of carboxylic acid groups (broad SMARTS) is 1. The second kappa shape index (κ2) is 11.2. The summed E-state index contributed by atoms with van der Waals surface area (Å²) in [5.41, 5.74) is -0.598. The zero-order valence-electron chi connectivity index (χ0n) is 21.6. The van der Waals surface area contributed by atoms with Crippen LogP contribution in [-0.2, 0) is 22.3 Å². The Kier molecular flexibility index (Phi) is 8.15. The van der Waals surface area contributed by atoms with Crippen LogP contribution in [0.5, 0.6) is 11.5 Å². The lowest BCUT2D eigenvalue weighted by molar-refractivity contribution is -0.137. The van der Waals surface area contributed by atoms with Crippen LogP contribution in [-0.4, -0.2) is 60.8 Å². The van der Waals surface area contributed by atoms with Crippen LogP contribution in [0.4, 0.5) is 23.7 Å². The van der Waals surface area contributed by atoms with Gasteiger partial charge in [0.15, 0.2) is 0 Å². The van der Waals surface area contributed by atoms with Crippen molar-refractivity contribution < 1.29 is 42.1 Å². The first-order chi connectivity index (χ1) is 18.8. The Morgan fingerprint density at radius 2 is 1.95 bits per heavy atom. The van der Waals surface area contributed by atoms with Gasteiger partial charge in [0.05, 0.1) is 24.9 Å². The number of rotatable bonds is 6. The fourth-order valence-corrected chi connectivity index (χ4v) is 4.71. The third-order valence-corrected chi connectivity index (χ3v) is 7.21. The van der Waals surface area contributed by atoms with Gasteiger partial charge in [-0.25, -0.2) is 4.79 Å². The Balaban J connectivity index is 1.81. The minimum absolute atomic E-state index is 0.00995. The maximum absolute atomic E-state index is 13.9. The van der Waals surface area contributed by atoms with E-state index in [1.165, 1.54) is 21.1 Å². The molecule has 0 bridgehead atoms. The molecule has 1 aliphatic heterocycles. The predicted molar refractivity (Wildman–Crippen MR) is 144 cm³/mol. The predicted octanol–water partition coefficient (Wildman–Crippen LogP) is 5.04. The highest BCUT2D eigenvalue weighted by Gasteiger charge is 2.38. The average Bonchev–Trinajstić information content (AvgIpc) is 3.03. The summed E-state index contributed by atoms with van der Waals surface area (Å²) in [6, 6.07) is 9.27. The lowest BCUT2D eigenvalue weighted by Gasteiger charge is -2.28. The lowest BCUT2D eigenvalue weighted by atomic mass is 10.0. The molecule has 0 aliphatic carbocycles. The van der Waals surface area contributed by atoms with Crippen LogP contribution in [0.25, 0.3) is 10.8 Å². The van der Waals surface area contributed by atoms with E-state index in [1.54, 1.807) is 18.2 Å². The minimum Gasteiger partial charge on any atom is -0.496 e. The molecule has 0 saturated carbocycles. The molecule has 0 saturated heterocycles. The van der Waals surface area contributed by atoms with Crippen LogP contribution in [0.3, 0.4) is 0 Å². The molecule has 0 spiro atoms. The van der Waals surface area contributed by atoms with Gasteiger partial charge < -0.3 is 24.8 Å². The number of alkyl halides is 3. The number of amides is 3. The summed E-state index contributed by atoms with van der Waals surface area (Å²) in [7, 11) is 2.64. The molecule has 3 aromatic rings. The van der Waals surface area contributed by atoms with Crippen molar-refractivity contribution in [3.63, 3.8) is 0 Å². The molecule has 4 rings (SSSR count). The number of nitrogens with zero attached hydrogens (tertiary/aromatic N) is 2. The SMILES string of the molecule is COc1ccc2cc(Br)ccc2c1CN1C(=O)[C@@H](NC(=O)[C@H](C)N(C)C(=O)O)COc2ccc(C(F)(F)F)cc21. The van der Waals surface area contributed by atoms with Gasteiger partial charge in [0.1, 0.15) is 30.2 Å². The van der Waals surface area contributed by atoms with E-state index in [4.69, 9.17) is 9.47 Å². The number of carbonyl (C=O) groups excluding carboxylic acids is 2. The van der Waals surface area contributed by atoms with Crippen molar-refractivity contribution in [2.45, 2.75) is 31.7 Å². The van der Waals surface area contributed by atoms with Crippen LogP contribution in [0.2, 0.25) is 0 Å². The maximum atomic E-state index is 13.9. The highest BCUT2D eigenvalue weighted by atomic mass is 79.9. The van der Waals surface area contributed by atoms with Crippen LogP contribution in [0.1, 0.15) is 18.1 Å². The van der Waals surface area contributed by atoms with Gasteiger partial charge in [-0.05, 0) is 54.1 Å². The molecule has 0 unspecified atom stereocenters. The molecular weight excluding hydrogens is 599 g/mol. The van der Waals surface area contributed by atoms with Crippen LogP contribution >= 0.6 is 15.9 Å². The third-order valence-electron chi connectivity index (χ3n) is 6.71. The Bertz CT molecular complexity index is 1480. The Morgan fingerprint density at radius 3 is 2.60 bits per heavy atom. The van der Waals surface area contributed by atoms with Crippen molar-refractivity contribution in [1.29, 1.82) is 0 Å². The fourth-order valence-electron chi connectivity index (χ4n) is 4.34. The normalized spacial score (nSPS) is 16.0. The van der Waals surface area contributed by atoms with Gasteiger partial charge in [-0.3, -0.25) is 14.5 Å². The molecule has 9 nitrogen and oxygen atoms in total. The van der Waals surface area contributed by atoms with Crippen LogP contribution < -0.4 is 19.7 Å². The monoisotopic (exact) mass is 623 g/mol. The Hall–Kier alpha value is -4.00. The van der Waals surface area contributed by atoms with Gasteiger partial charge in [-0.2, -0.15) is 13.2 Å². The largest absolute Gasteiger partial charge is 0.496 e. The molecule has 40 heavy (non-hydrogen) atoms. The van der Waals surface area contributed by atoms with Gasteiger partial charge in [0, 0.05) is 17.1 Å². The lowest BCUT2D eigenvalue weighted by Crippen LogP contribution is -2.55. The van der Waals surface area contributed by atoms with E-state index < -0.39 is 41.7 Å². The summed E-state index contributed by atoms with van der Waals surface area (Å²) in [6.45, 7) is 0.741. The summed E-state index contributed by atoms with van der Waals surface area (Å²) in [5.74, 6) is -1.11. The van der Waals surface area contributed by atoms with Crippen LogP contribution in [0, 0.1) is 0 Å². The van der Waals surface area contributed by atoms with E-state index in [-0.39, 0.29) is 24.6 Å². The topological polar surface area (TPSA) is 108 Å². The molecular formula is C27H25BrF3N3O6. The number of likely N-dealkylation sites (N-methyl/N-ethyl adjacent to an activating group) is 1. The standard InChI is InChI=1S/C27H25BrF3N3O6/c1-14(33(2)26(37)38)24(35)32-20-13-40-23-9-5-16(27(29,30)31)11-21(23)34(25(20)36)12-19-18-7-6-17(28)10-15(18)4-8-22(19)39-3/h4-11,14,20H,12-13H2,1-3H3,(H,32,35)(H,37,38)/t14-,20-/m0/s1. The average molecular weight is 624 g/mol. The molecule has 3 amide bonds. The molecule has 0 fully saturated rings.